The Morgan fingerprint density at radius 3 is 2.33 bits per heavy atom. The topological polar surface area (TPSA) is 9.23 Å². The molecule has 1 unspecified atom stereocenters. The Balaban J connectivity index is 2.40. The molecule has 0 saturated carbocycles. The summed E-state index contributed by atoms with van der Waals surface area (Å²) in [7, 11) is 0. The predicted octanol–water partition coefficient (Wildman–Crippen LogP) is 5.18. The van der Waals surface area contributed by atoms with Crippen molar-refractivity contribution in [3.63, 3.8) is 0 Å². The van der Waals surface area contributed by atoms with E-state index in [1.165, 1.54) is 0 Å². The lowest BCUT2D eigenvalue weighted by atomic mass is 10.1. The Labute approximate surface area is 123 Å². The minimum atomic E-state index is -4.11. The first kappa shape index (κ1) is 16.0. The summed E-state index contributed by atoms with van der Waals surface area (Å²) in [5.74, 6) is 0. The van der Waals surface area contributed by atoms with E-state index in [4.69, 9.17) is 16.3 Å². The Bertz CT molecular complexity index is 353. The zero-order valence-corrected chi connectivity index (χ0v) is 12.4. The lowest BCUT2D eigenvalue weighted by Gasteiger charge is -2.16. The quantitative estimate of drug-likeness (QED) is 0.368. The van der Waals surface area contributed by atoms with Gasteiger partial charge in [0.25, 0.3) is 0 Å². The fourth-order valence-electron chi connectivity index (χ4n) is 1.41. The number of hydrogen-bond acceptors (Lipinski definition) is 1. The number of rotatable bonds is 6. The molecule has 0 N–H and O–H groups in total. The van der Waals surface area contributed by atoms with Gasteiger partial charge < -0.3 is 4.74 Å². The van der Waals surface area contributed by atoms with Gasteiger partial charge in [-0.15, -0.1) is 0 Å². The highest BCUT2D eigenvalue weighted by atomic mass is 127. The Morgan fingerprint density at radius 1 is 1.22 bits per heavy atom. The molecule has 0 aliphatic heterocycles. The van der Waals surface area contributed by atoms with Crippen LogP contribution in [0, 0.1) is 0 Å². The average molecular weight is 393 g/mol. The zero-order chi connectivity index (χ0) is 13.6. The minimum Gasteiger partial charge on any atom is -0.373 e. The van der Waals surface area contributed by atoms with Gasteiger partial charge in [-0.25, -0.2) is 0 Å². The minimum absolute atomic E-state index is 0.00969. The third-order valence-corrected chi connectivity index (χ3v) is 3.36. The van der Waals surface area contributed by atoms with Gasteiger partial charge in [0.15, 0.2) is 0 Å². The highest BCUT2D eigenvalue weighted by Gasteiger charge is 2.26. The molecule has 0 aromatic heterocycles. The van der Waals surface area contributed by atoms with Crippen molar-refractivity contribution in [2.45, 2.75) is 25.1 Å². The van der Waals surface area contributed by atoms with Crippen LogP contribution in [0.3, 0.4) is 0 Å². The average Bonchev–Trinajstić information content (AvgIpc) is 2.29. The molecule has 1 nitrogen and oxygen atoms in total. The molecule has 1 atom stereocenters. The van der Waals surface area contributed by atoms with Gasteiger partial charge in [-0.3, -0.25) is 0 Å². The first-order chi connectivity index (χ1) is 8.42. The molecule has 0 fully saturated rings. The molecule has 0 aliphatic rings. The second-order valence-electron chi connectivity index (χ2n) is 3.78. The zero-order valence-electron chi connectivity index (χ0n) is 9.51. The second-order valence-corrected chi connectivity index (χ2v) is 5.10. The van der Waals surface area contributed by atoms with Gasteiger partial charge in [-0.2, -0.15) is 13.2 Å². The maximum atomic E-state index is 12.0. The molecule has 1 aromatic carbocycles. The third kappa shape index (κ3) is 6.24. The molecule has 0 aliphatic carbocycles. The van der Waals surface area contributed by atoms with Crippen molar-refractivity contribution in [2.24, 2.45) is 0 Å². The Morgan fingerprint density at radius 2 is 1.83 bits per heavy atom. The molecular formula is C12H13ClF3IO. The van der Waals surface area contributed by atoms with Crippen molar-refractivity contribution >= 4 is 34.2 Å². The predicted molar refractivity (Wildman–Crippen MR) is 74.3 cm³/mol. The molecule has 6 heteroatoms. The van der Waals surface area contributed by atoms with Gasteiger partial charge in [0.1, 0.15) is 0 Å². The standard InChI is InChI=1S/C12H13ClF3IO/c13-10-4-2-9(3-5-10)11(8-17)18-7-1-6-12(14,15)16/h2-5,11H,1,6-8H2. The van der Waals surface area contributed by atoms with Crippen molar-refractivity contribution in [2.75, 3.05) is 11.0 Å². The van der Waals surface area contributed by atoms with E-state index in [1.807, 2.05) is 12.1 Å². The van der Waals surface area contributed by atoms with Crippen LogP contribution in [-0.4, -0.2) is 17.2 Å². The normalized spacial score (nSPS) is 13.6. The summed E-state index contributed by atoms with van der Waals surface area (Å²) in [4.78, 5) is 0. The Kier molecular flexibility index (Phi) is 6.73. The van der Waals surface area contributed by atoms with Crippen LogP contribution in [0.5, 0.6) is 0 Å². The van der Waals surface area contributed by atoms with Gasteiger partial charge in [-0.1, -0.05) is 46.3 Å². The van der Waals surface area contributed by atoms with E-state index in [9.17, 15) is 13.2 Å². The highest BCUT2D eigenvalue weighted by molar-refractivity contribution is 14.1. The monoisotopic (exact) mass is 392 g/mol. The van der Waals surface area contributed by atoms with E-state index in [2.05, 4.69) is 22.6 Å². The van der Waals surface area contributed by atoms with Gasteiger partial charge >= 0.3 is 6.18 Å². The molecule has 0 spiro atoms. The van der Waals surface area contributed by atoms with E-state index in [0.29, 0.717) is 9.45 Å². The second kappa shape index (κ2) is 7.55. The highest BCUT2D eigenvalue weighted by Crippen LogP contribution is 2.24. The van der Waals surface area contributed by atoms with Gasteiger partial charge in [-0.05, 0) is 24.1 Å². The van der Waals surface area contributed by atoms with Crippen LogP contribution in [0.1, 0.15) is 24.5 Å². The van der Waals surface area contributed by atoms with E-state index in [1.54, 1.807) is 12.1 Å². The SMILES string of the molecule is FC(F)(F)CCCOC(CI)c1ccc(Cl)cc1. The maximum Gasteiger partial charge on any atom is 0.389 e. The number of alkyl halides is 4. The molecule has 18 heavy (non-hydrogen) atoms. The smallest absolute Gasteiger partial charge is 0.373 e. The summed E-state index contributed by atoms with van der Waals surface area (Å²) < 4.78 is 42.0. The van der Waals surface area contributed by atoms with Gasteiger partial charge in [0, 0.05) is 22.5 Å². The summed E-state index contributed by atoms with van der Waals surface area (Å²) in [6, 6.07) is 7.15. The number of hydrogen-bond donors (Lipinski definition) is 0. The fourth-order valence-corrected chi connectivity index (χ4v) is 2.29. The molecule has 102 valence electrons. The summed E-state index contributed by atoms with van der Waals surface area (Å²) in [6.45, 7) is 0.107. The first-order valence-corrected chi connectivity index (χ1v) is 7.32. The van der Waals surface area contributed by atoms with Crippen molar-refractivity contribution < 1.29 is 17.9 Å². The molecular weight excluding hydrogens is 379 g/mol. The van der Waals surface area contributed by atoms with Crippen LogP contribution in [0.25, 0.3) is 0 Å². The molecule has 0 amide bonds. The van der Waals surface area contributed by atoms with E-state index >= 15 is 0 Å². The lowest BCUT2D eigenvalue weighted by molar-refractivity contribution is -0.138. The molecule has 0 heterocycles. The first-order valence-electron chi connectivity index (χ1n) is 5.42. The maximum absolute atomic E-state index is 12.0. The number of benzene rings is 1. The van der Waals surface area contributed by atoms with Crippen LogP contribution < -0.4 is 0 Å². The van der Waals surface area contributed by atoms with Crippen molar-refractivity contribution in [3.05, 3.63) is 34.9 Å². The number of ether oxygens (including phenoxy) is 1. The van der Waals surface area contributed by atoms with Crippen molar-refractivity contribution in [3.8, 4) is 0 Å². The summed E-state index contributed by atoms with van der Waals surface area (Å²) in [6.07, 6.45) is -5.11. The summed E-state index contributed by atoms with van der Waals surface area (Å²) >= 11 is 7.92. The molecule has 0 saturated heterocycles. The van der Waals surface area contributed by atoms with E-state index in [0.717, 1.165) is 5.56 Å². The van der Waals surface area contributed by atoms with E-state index < -0.39 is 12.6 Å². The van der Waals surface area contributed by atoms with Crippen molar-refractivity contribution in [1.82, 2.24) is 0 Å². The summed E-state index contributed by atoms with van der Waals surface area (Å²) in [5, 5.41) is 0.628. The van der Waals surface area contributed by atoms with Crippen LogP contribution in [0.2, 0.25) is 5.02 Å². The van der Waals surface area contributed by atoms with Gasteiger partial charge in [0.05, 0.1) is 6.10 Å². The van der Waals surface area contributed by atoms with Gasteiger partial charge in [0.2, 0.25) is 0 Å². The largest absolute Gasteiger partial charge is 0.389 e. The fraction of sp³-hybridized carbons (Fsp3) is 0.500. The Hall–Kier alpha value is -0.0100. The molecule has 1 rings (SSSR count). The molecule has 0 radical (unpaired) electrons. The van der Waals surface area contributed by atoms with E-state index in [-0.39, 0.29) is 19.1 Å². The van der Waals surface area contributed by atoms with Crippen LogP contribution >= 0.6 is 34.2 Å². The van der Waals surface area contributed by atoms with Crippen LogP contribution in [-0.2, 0) is 4.74 Å². The lowest BCUT2D eigenvalue weighted by Crippen LogP contribution is -2.11. The third-order valence-electron chi connectivity index (χ3n) is 2.31. The van der Waals surface area contributed by atoms with Crippen LogP contribution in [0.4, 0.5) is 13.2 Å². The molecule has 0 bridgehead atoms. The summed E-state index contributed by atoms with van der Waals surface area (Å²) in [5.41, 5.74) is 0.931. The molecule has 1 aromatic rings. The van der Waals surface area contributed by atoms with Crippen LogP contribution in [0.15, 0.2) is 24.3 Å². The van der Waals surface area contributed by atoms with Crippen molar-refractivity contribution in [1.29, 1.82) is 0 Å². The number of halogens is 5.